The summed E-state index contributed by atoms with van der Waals surface area (Å²) in [5.41, 5.74) is 9.39. The van der Waals surface area contributed by atoms with Gasteiger partial charge in [0.2, 0.25) is 0 Å². The Bertz CT molecular complexity index is 252. The fourth-order valence-corrected chi connectivity index (χ4v) is 0.211. The van der Waals surface area contributed by atoms with Crippen LogP contribution in [0, 0.1) is 5.92 Å². The van der Waals surface area contributed by atoms with Gasteiger partial charge in [0.15, 0.2) is 0 Å². The fourth-order valence-electron chi connectivity index (χ4n) is 0.211. The average molecular weight is 262 g/mol. The van der Waals surface area contributed by atoms with Gasteiger partial charge < -0.3 is 21.7 Å². The van der Waals surface area contributed by atoms with Gasteiger partial charge in [-0.1, -0.05) is 13.8 Å². The van der Waals surface area contributed by atoms with Crippen LogP contribution in [0.5, 0.6) is 0 Å². The van der Waals surface area contributed by atoms with Gasteiger partial charge >= 0.3 is 16.5 Å². The Kier molecular flexibility index (Phi) is 13.5. The Morgan fingerprint density at radius 1 is 1.31 bits per heavy atom. The van der Waals surface area contributed by atoms with Gasteiger partial charge in [0, 0.05) is 6.04 Å². The zero-order valence-electron chi connectivity index (χ0n) is 8.94. The number of aliphatic hydroxyl groups is 1. The number of rotatable bonds is 2. The van der Waals surface area contributed by atoms with E-state index in [-0.39, 0.29) is 12.6 Å². The van der Waals surface area contributed by atoms with E-state index in [4.69, 9.17) is 38.3 Å². The average Bonchev–Trinajstić information content (AvgIpc) is 1.98. The summed E-state index contributed by atoms with van der Waals surface area (Å²) < 4.78 is 31.6. The summed E-state index contributed by atoms with van der Waals surface area (Å²) in [5.74, 6) is 0.394. The van der Waals surface area contributed by atoms with Crippen molar-refractivity contribution in [1.82, 2.24) is 0 Å². The molecule has 9 nitrogen and oxygen atoms in total. The van der Waals surface area contributed by atoms with Gasteiger partial charge in [-0.3, -0.25) is 9.11 Å². The molecule has 10 heteroatoms. The number of primary amides is 1. The van der Waals surface area contributed by atoms with Crippen molar-refractivity contribution < 1.29 is 32.5 Å². The standard InChI is InChI=1S/C5H13NO.CH3NO2.H2O4S/c1-4(2)5(6)3-7;2-1(3)4;1-5(2,3)4/h4-5,7H,3,6H2,1-2H3;2H2,(H,3,4);(H2,1,2,3,4)/t5-;;/m1../s1. The zero-order valence-corrected chi connectivity index (χ0v) is 9.75. The van der Waals surface area contributed by atoms with Crippen LogP contribution in [-0.4, -0.2) is 46.5 Å². The summed E-state index contributed by atoms with van der Waals surface area (Å²) in [7, 11) is -4.67. The first kappa shape index (κ1) is 20.5. The quantitative estimate of drug-likeness (QED) is 0.339. The van der Waals surface area contributed by atoms with Gasteiger partial charge in [0.25, 0.3) is 0 Å². The monoisotopic (exact) mass is 262 g/mol. The molecule has 0 spiro atoms. The third-order valence-electron chi connectivity index (χ3n) is 1.07. The molecule has 0 heterocycles. The molecule has 0 saturated carbocycles. The molecule has 0 aromatic heterocycles. The van der Waals surface area contributed by atoms with E-state index in [0.717, 1.165) is 0 Å². The minimum atomic E-state index is -4.67. The minimum Gasteiger partial charge on any atom is -0.465 e. The second-order valence-corrected chi connectivity index (χ2v) is 3.77. The highest BCUT2D eigenvalue weighted by Gasteiger charge is 2.02. The van der Waals surface area contributed by atoms with Crippen LogP contribution in [0.15, 0.2) is 0 Å². The summed E-state index contributed by atoms with van der Waals surface area (Å²) >= 11 is 0. The number of hydrogen-bond donors (Lipinski definition) is 6. The van der Waals surface area contributed by atoms with E-state index < -0.39 is 16.5 Å². The molecule has 100 valence electrons. The van der Waals surface area contributed by atoms with E-state index in [1.54, 1.807) is 0 Å². The van der Waals surface area contributed by atoms with Crippen molar-refractivity contribution in [3.8, 4) is 0 Å². The lowest BCUT2D eigenvalue weighted by Gasteiger charge is -2.10. The molecule has 1 atom stereocenters. The van der Waals surface area contributed by atoms with Crippen molar-refractivity contribution in [2.24, 2.45) is 17.4 Å². The summed E-state index contributed by atoms with van der Waals surface area (Å²) in [5, 5.41) is 15.6. The lowest BCUT2D eigenvalue weighted by Crippen LogP contribution is -2.29. The molecular formula is C6H18N2O7S. The maximum atomic E-state index is 8.78. The summed E-state index contributed by atoms with van der Waals surface area (Å²) in [6.45, 7) is 4.07. The Morgan fingerprint density at radius 2 is 1.50 bits per heavy atom. The molecule has 0 aliphatic carbocycles. The van der Waals surface area contributed by atoms with Crippen LogP contribution in [0.25, 0.3) is 0 Å². The molecule has 0 aliphatic rings. The van der Waals surface area contributed by atoms with Gasteiger partial charge in [0.05, 0.1) is 6.61 Å². The number of hydrogen-bond acceptors (Lipinski definition) is 5. The van der Waals surface area contributed by atoms with Crippen LogP contribution in [-0.2, 0) is 10.4 Å². The zero-order chi connectivity index (χ0) is 13.9. The molecule has 0 saturated heterocycles. The SMILES string of the molecule is CC(C)[C@H](N)CO.NC(=O)O.O=S(=O)(O)O. The molecule has 0 rings (SSSR count). The molecule has 0 fully saturated rings. The largest absolute Gasteiger partial charge is 0.465 e. The predicted molar refractivity (Wildman–Crippen MR) is 56.3 cm³/mol. The lowest BCUT2D eigenvalue weighted by molar-refractivity contribution is 0.205. The van der Waals surface area contributed by atoms with Crippen LogP contribution in [0.1, 0.15) is 13.8 Å². The summed E-state index contributed by atoms with van der Waals surface area (Å²) in [6.07, 6.45) is -1.33. The molecule has 1 amide bonds. The van der Waals surface area contributed by atoms with Crippen molar-refractivity contribution in [3.63, 3.8) is 0 Å². The Morgan fingerprint density at radius 3 is 1.50 bits per heavy atom. The molecule has 0 aliphatic heterocycles. The molecule has 0 radical (unpaired) electrons. The molecule has 0 aromatic carbocycles. The first-order chi connectivity index (χ1) is 6.91. The molecule has 0 aromatic rings. The highest BCUT2D eigenvalue weighted by molar-refractivity contribution is 7.79. The smallest absolute Gasteiger partial charge is 0.402 e. The maximum absolute atomic E-state index is 8.78. The Balaban J connectivity index is -0.000000166. The highest BCUT2D eigenvalue weighted by atomic mass is 32.3. The van der Waals surface area contributed by atoms with E-state index in [2.05, 4.69) is 5.73 Å². The molecular weight excluding hydrogens is 244 g/mol. The van der Waals surface area contributed by atoms with Crippen LogP contribution in [0.3, 0.4) is 0 Å². The van der Waals surface area contributed by atoms with E-state index in [1.165, 1.54) is 0 Å². The van der Waals surface area contributed by atoms with E-state index in [9.17, 15) is 0 Å². The number of carboxylic acid groups (broad SMARTS) is 1. The molecule has 0 unspecified atom stereocenters. The second-order valence-electron chi connectivity index (χ2n) is 2.88. The van der Waals surface area contributed by atoms with Crippen LogP contribution >= 0.6 is 0 Å². The first-order valence-electron chi connectivity index (χ1n) is 3.96. The third kappa shape index (κ3) is 74.2. The van der Waals surface area contributed by atoms with Crippen molar-refractivity contribution in [3.05, 3.63) is 0 Å². The van der Waals surface area contributed by atoms with Gasteiger partial charge in [-0.25, -0.2) is 4.79 Å². The summed E-state index contributed by atoms with van der Waals surface area (Å²) in [6, 6.07) is -0.0417. The van der Waals surface area contributed by atoms with Gasteiger partial charge in [-0.2, -0.15) is 8.42 Å². The Labute approximate surface area is 93.6 Å². The van der Waals surface area contributed by atoms with Gasteiger partial charge in [0.1, 0.15) is 0 Å². The normalized spacial score (nSPS) is 11.7. The van der Waals surface area contributed by atoms with Crippen LogP contribution < -0.4 is 11.5 Å². The second kappa shape index (κ2) is 10.6. The molecule has 8 N–H and O–H groups in total. The fraction of sp³-hybridized carbons (Fsp3) is 0.833. The van der Waals surface area contributed by atoms with Crippen molar-refractivity contribution in [2.75, 3.05) is 6.61 Å². The molecule has 16 heavy (non-hydrogen) atoms. The lowest BCUT2D eigenvalue weighted by atomic mass is 10.1. The van der Waals surface area contributed by atoms with Crippen molar-refractivity contribution in [2.45, 2.75) is 19.9 Å². The number of amides is 1. The van der Waals surface area contributed by atoms with Gasteiger partial charge in [-0.05, 0) is 5.92 Å². The minimum absolute atomic E-state index is 0.0417. The van der Waals surface area contributed by atoms with E-state index in [1.807, 2.05) is 13.8 Å². The van der Waals surface area contributed by atoms with Crippen LogP contribution in [0.2, 0.25) is 0 Å². The summed E-state index contributed by atoms with van der Waals surface area (Å²) in [4.78, 5) is 8.78. The third-order valence-corrected chi connectivity index (χ3v) is 1.07. The molecule has 0 bridgehead atoms. The van der Waals surface area contributed by atoms with E-state index in [0.29, 0.717) is 5.92 Å². The topological polar surface area (TPSA) is 184 Å². The van der Waals surface area contributed by atoms with Crippen molar-refractivity contribution in [1.29, 1.82) is 0 Å². The maximum Gasteiger partial charge on any atom is 0.402 e. The highest BCUT2D eigenvalue weighted by Crippen LogP contribution is 1.94. The number of carbonyl (C=O) groups is 1. The van der Waals surface area contributed by atoms with Crippen LogP contribution in [0.4, 0.5) is 4.79 Å². The number of aliphatic hydroxyl groups excluding tert-OH is 1. The van der Waals surface area contributed by atoms with E-state index >= 15 is 0 Å². The Hall–Kier alpha value is -0.940. The first-order valence-corrected chi connectivity index (χ1v) is 5.36. The predicted octanol–water partition coefficient (Wildman–Crippen LogP) is -1.07. The van der Waals surface area contributed by atoms with Gasteiger partial charge in [-0.15, -0.1) is 0 Å². The number of nitrogens with two attached hydrogens (primary N) is 2. The van der Waals surface area contributed by atoms with Crippen molar-refractivity contribution >= 4 is 16.5 Å².